The number of carbonyl (C=O) groups excluding carboxylic acids is 2. The van der Waals surface area contributed by atoms with Crippen molar-refractivity contribution in [3.8, 4) is 0 Å². The molecule has 2 aromatic rings. The van der Waals surface area contributed by atoms with Crippen LogP contribution >= 0.6 is 0 Å². The highest BCUT2D eigenvalue weighted by Gasteiger charge is 2.23. The van der Waals surface area contributed by atoms with E-state index in [1.807, 2.05) is 66.0 Å². The van der Waals surface area contributed by atoms with Crippen molar-refractivity contribution in [2.24, 2.45) is 7.05 Å². The molecule has 0 saturated carbocycles. The van der Waals surface area contributed by atoms with Crippen molar-refractivity contribution < 1.29 is 14.3 Å². The molecule has 6 heteroatoms. The Hall–Kier alpha value is -2.60. The van der Waals surface area contributed by atoms with Crippen LogP contribution in [0, 0.1) is 0 Å². The van der Waals surface area contributed by atoms with Crippen LogP contribution in [0.15, 0.2) is 42.6 Å². The molecule has 0 saturated heterocycles. The summed E-state index contributed by atoms with van der Waals surface area (Å²) in [6.45, 7) is 13.5. The topological polar surface area (TPSA) is 54.8 Å². The molecule has 0 aliphatic rings. The monoisotopic (exact) mass is 469 g/mol. The molecule has 0 spiro atoms. The number of amides is 2. The van der Waals surface area contributed by atoms with Crippen LogP contribution < -0.4 is 0 Å². The third kappa shape index (κ3) is 8.32. The number of benzene rings is 1. The number of aryl methyl sites for hydroxylation is 1. The highest BCUT2D eigenvalue weighted by molar-refractivity contribution is 5.96. The van der Waals surface area contributed by atoms with Crippen molar-refractivity contribution >= 4 is 11.8 Å². The van der Waals surface area contributed by atoms with Crippen molar-refractivity contribution in [3.05, 3.63) is 59.4 Å². The lowest BCUT2D eigenvalue weighted by Gasteiger charge is -2.28. The number of aromatic nitrogens is 1. The van der Waals surface area contributed by atoms with E-state index < -0.39 is 0 Å². The average molecular weight is 470 g/mol. The molecular formula is C28H43N3O3. The van der Waals surface area contributed by atoms with Crippen molar-refractivity contribution in [2.75, 3.05) is 32.8 Å². The molecule has 2 rings (SSSR count). The van der Waals surface area contributed by atoms with E-state index in [9.17, 15) is 9.59 Å². The van der Waals surface area contributed by atoms with Gasteiger partial charge in [-0.3, -0.25) is 9.59 Å². The van der Waals surface area contributed by atoms with E-state index in [4.69, 9.17) is 4.74 Å². The van der Waals surface area contributed by atoms with Gasteiger partial charge in [-0.05, 0) is 55.0 Å². The smallest absolute Gasteiger partial charge is 0.254 e. The molecule has 1 aromatic heterocycles. The Morgan fingerprint density at radius 3 is 2.21 bits per heavy atom. The number of hydrogen-bond donors (Lipinski definition) is 0. The highest BCUT2D eigenvalue weighted by Crippen LogP contribution is 2.22. The summed E-state index contributed by atoms with van der Waals surface area (Å²) in [5.74, 6) is -0.134. The summed E-state index contributed by atoms with van der Waals surface area (Å²) < 4.78 is 7.51. The van der Waals surface area contributed by atoms with Gasteiger partial charge in [-0.25, -0.2) is 0 Å². The van der Waals surface area contributed by atoms with Crippen molar-refractivity contribution in [3.63, 3.8) is 0 Å². The van der Waals surface area contributed by atoms with E-state index in [1.54, 1.807) is 4.90 Å². The Labute approximate surface area is 205 Å². The van der Waals surface area contributed by atoms with E-state index in [2.05, 4.69) is 27.7 Å². The fourth-order valence-electron chi connectivity index (χ4n) is 3.81. The summed E-state index contributed by atoms with van der Waals surface area (Å²) in [5.41, 5.74) is 2.89. The van der Waals surface area contributed by atoms with E-state index >= 15 is 0 Å². The summed E-state index contributed by atoms with van der Waals surface area (Å²) in [5, 5.41) is 0. The first-order chi connectivity index (χ1) is 16.2. The molecule has 6 nitrogen and oxygen atoms in total. The number of hydrogen-bond acceptors (Lipinski definition) is 3. The first-order valence-corrected chi connectivity index (χ1v) is 12.5. The summed E-state index contributed by atoms with van der Waals surface area (Å²) in [6, 6.07) is 11.8. The first kappa shape index (κ1) is 27.6. The highest BCUT2D eigenvalue weighted by atomic mass is 16.5. The van der Waals surface area contributed by atoms with E-state index in [1.165, 1.54) is 5.56 Å². The molecule has 2 amide bonds. The predicted octanol–water partition coefficient (Wildman–Crippen LogP) is 5.02. The predicted molar refractivity (Wildman–Crippen MR) is 138 cm³/mol. The maximum absolute atomic E-state index is 13.4. The third-order valence-corrected chi connectivity index (χ3v) is 6.07. The zero-order valence-electron chi connectivity index (χ0n) is 22.0. The molecule has 0 aliphatic carbocycles. The molecular weight excluding hydrogens is 426 g/mol. The van der Waals surface area contributed by atoms with Gasteiger partial charge >= 0.3 is 0 Å². The van der Waals surface area contributed by atoms with Crippen molar-refractivity contribution in [2.45, 2.75) is 65.8 Å². The average Bonchev–Trinajstić information content (AvgIpc) is 3.21. The molecule has 0 fully saturated rings. The van der Waals surface area contributed by atoms with Crippen LogP contribution in [-0.4, -0.2) is 59.0 Å². The van der Waals surface area contributed by atoms with Gasteiger partial charge in [0.05, 0.1) is 6.54 Å². The van der Waals surface area contributed by atoms with Gasteiger partial charge in [0.2, 0.25) is 5.91 Å². The zero-order valence-corrected chi connectivity index (χ0v) is 22.0. The van der Waals surface area contributed by atoms with Crippen LogP contribution in [-0.2, 0) is 28.5 Å². The molecule has 0 aliphatic heterocycles. The summed E-state index contributed by atoms with van der Waals surface area (Å²) in [7, 11) is 1.99. The third-order valence-electron chi connectivity index (χ3n) is 6.07. The van der Waals surface area contributed by atoms with Gasteiger partial charge in [-0.15, -0.1) is 0 Å². The fraction of sp³-hybridized carbons (Fsp3) is 0.571. The number of ether oxygens (including phenoxy) is 1. The Bertz CT molecular complexity index is 896. The first-order valence-electron chi connectivity index (χ1n) is 12.5. The second kappa shape index (κ2) is 13.3. The van der Waals surface area contributed by atoms with Gasteiger partial charge in [0, 0.05) is 50.8 Å². The molecule has 0 N–H and O–H groups in total. The van der Waals surface area contributed by atoms with Crippen LogP contribution in [0.25, 0.3) is 0 Å². The lowest BCUT2D eigenvalue weighted by atomic mass is 9.86. The van der Waals surface area contributed by atoms with Gasteiger partial charge in [0.25, 0.3) is 5.91 Å². The largest absolute Gasteiger partial charge is 0.382 e. The second-order valence-electron chi connectivity index (χ2n) is 9.88. The summed E-state index contributed by atoms with van der Waals surface area (Å²) in [4.78, 5) is 30.4. The molecule has 1 aromatic carbocycles. The molecule has 1 heterocycles. The molecule has 0 unspecified atom stereocenters. The second-order valence-corrected chi connectivity index (χ2v) is 9.88. The number of rotatable bonds is 13. The Balaban J connectivity index is 2.19. The molecule has 188 valence electrons. The van der Waals surface area contributed by atoms with Gasteiger partial charge in [0.1, 0.15) is 6.54 Å². The molecule has 34 heavy (non-hydrogen) atoms. The maximum Gasteiger partial charge on any atom is 0.254 e. The number of nitrogens with zero attached hydrogens (tertiary/aromatic N) is 3. The number of carbonyl (C=O) groups is 2. The fourth-order valence-corrected chi connectivity index (χ4v) is 3.81. The van der Waals surface area contributed by atoms with Crippen LogP contribution in [0.5, 0.6) is 0 Å². The Morgan fingerprint density at radius 1 is 0.971 bits per heavy atom. The molecule has 0 bridgehead atoms. The van der Waals surface area contributed by atoms with Crippen molar-refractivity contribution in [1.82, 2.24) is 14.4 Å². The van der Waals surface area contributed by atoms with Crippen LogP contribution in [0.4, 0.5) is 0 Å². The quantitative estimate of drug-likeness (QED) is 0.387. The van der Waals surface area contributed by atoms with Gasteiger partial charge in [-0.1, -0.05) is 46.2 Å². The van der Waals surface area contributed by atoms with E-state index in [0.717, 1.165) is 18.5 Å². The van der Waals surface area contributed by atoms with Gasteiger partial charge in [-0.2, -0.15) is 0 Å². The van der Waals surface area contributed by atoms with E-state index in [-0.39, 0.29) is 23.8 Å². The Kier molecular flexibility index (Phi) is 10.8. The summed E-state index contributed by atoms with van der Waals surface area (Å²) >= 11 is 0. The minimum Gasteiger partial charge on any atom is -0.382 e. The SMILES string of the molecule is CCCCN(Cc1cccn1C)C(=O)CN(CCCOCC)C(=O)c1ccc(C(C)(C)C)cc1. The normalized spacial score (nSPS) is 11.5. The minimum absolute atomic E-state index is 0.0193. The standard InChI is InChI=1S/C28H43N3O3/c1-7-9-18-30(21-25-12-10-17-29(25)6)26(32)22-31(19-11-20-34-8-2)27(33)23-13-15-24(16-14-23)28(3,4)5/h10,12-17H,7-9,11,18-22H2,1-6H3. The van der Waals surface area contributed by atoms with Gasteiger partial charge < -0.3 is 19.1 Å². The summed E-state index contributed by atoms with van der Waals surface area (Å²) in [6.07, 6.45) is 4.62. The lowest BCUT2D eigenvalue weighted by molar-refractivity contribution is -0.132. The van der Waals surface area contributed by atoms with Crippen LogP contribution in [0.1, 0.15) is 75.5 Å². The van der Waals surface area contributed by atoms with Crippen LogP contribution in [0.3, 0.4) is 0 Å². The van der Waals surface area contributed by atoms with Crippen LogP contribution in [0.2, 0.25) is 0 Å². The van der Waals surface area contributed by atoms with E-state index in [0.29, 0.717) is 44.8 Å². The maximum atomic E-state index is 13.4. The Morgan fingerprint density at radius 2 is 1.65 bits per heavy atom. The molecule has 0 atom stereocenters. The van der Waals surface area contributed by atoms with Crippen molar-refractivity contribution in [1.29, 1.82) is 0 Å². The minimum atomic E-state index is -0.111. The number of unbranched alkanes of at least 4 members (excludes halogenated alkanes) is 1. The zero-order chi connectivity index (χ0) is 25.1. The lowest BCUT2D eigenvalue weighted by Crippen LogP contribution is -2.43. The van der Waals surface area contributed by atoms with Gasteiger partial charge in [0.15, 0.2) is 0 Å². The molecule has 0 radical (unpaired) electrons.